The molecule has 8 nitrogen and oxygen atoms in total. The van der Waals surface area contributed by atoms with E-state index in [2.05, 4.69) is 4.99 Å². The molecule has 4 N–H and O–H groups in total. The van der Waals surface area contributed by atoms with Gasteiger partial charge in [-0.3, -0.25) is 30.0 Å². The van der Waals surface area contributed by atoms with Gasteiger partial charge >= 0.3 is 6.03 Å². The Balaban J connectivity index is 2.64. The molecule has 1 fully saturated rings. The number of nitrogens with one attached hydrogen (secondary N) is 2. The van der Waals surface area contributed by atoms with Gasteiger partial charge in [-0.05, 0) is 0 Å². The molecule has 1 heterocycles. The van der Waals surface area contributed by atoms with E-state index in [1.54, 1.807) is 0 Å². The molecule has 0 unspecified atom stereocenters. The molecule has 5 amide bonds. The minimum Gasteiger partial charge on any atom is -0.368 e. The Kier molecular flexibility index (Phi) is 3.11. The fourth-order valence-corrected chi connectivity index (χ4v) is 0.913. The summed E-state index contributed by atoms with van der Waals surface area (Å²) in [7, 11) is 0. The van der Waals surface area contributed by atoms with Crippen molar-refractivity contribution in [2.45, 2.75) is 0 Å². The SMILES string of the molecule is NC(=O)CN=CC1C(=O)NC(=O)NC1=O. The molecule has 8 heteroatoms. The second kappa shape index (κ2) is 4.31. The van der Waals surface area contributed by atoms with Crippen LogP contribution in [0.5, 0.6) is 0 Å². The summed E-state index contributed by atoms with van der Waals surface area (Å²) in [6.45, 7) is -0.314. The predicted octanol–water partition coefficient (Wildman–Crippen LogP) is -2.48. The van der Waals surface area contributed by atoms with Crippen LogP contribution in [-0.4, -0.2) is 36.5 Å². The van der Waals surface area contributed by atoms with Crippen LogP contribution in [0, 0.1) is 5.92 Å². The van der Waals surface area contributed by atoms with Crippen LogP contribution in [0.25, 0.3) is 0 Å². The summed E-state index contributed by atoms with van der Waals surface area (Å²) < 4.78 is 0. The van der Waals surface area contributed by atoms with Gasteiger partial charge in [-0.25, -0.2) is 4.79 Å². The molecule has 0 radical (unpaired) electrons. The van der Waals surface area contributed by atoms with Crippen LogP contribution in [0.15, 0.2) is 4.99 Å². The minimum atomic E-state index is -1.21. The van der Waals surface area contributed by atoms with E-state index in [-0.39, 0.29) is 6.54 Å². The van der Waals surface area contributed by atoms with Gasteiger partial charge in [-0.2, -0.15) is 0 Å². The molecule has 0 aliphatic carbocycles. The first-order valence-electron chi connectivity index (χ1n) is 3.94. The fourth-order valence-electron chi connectivity index (χ4n) is 0.913. The van der Waals surface area contributed by atoms with Crippen molar-refractivity contribution in [1.82, 2.24) is 10.6 Å². The number of carbonyl (C=O) groups excluding carboxylic acids is 4. The molecule has 1 saturated heterocycles. The van der Waals surface area contributed by atoms with Gasteiger partial charge in [0, 0.05) is 6.21 Å². The Morgan fingerprint density at radius 2 is 1.87 bits per heavy atom. The van der Waals surface area contributed by atoms with E-state index < -0.39 is 29.7 Å². The Labute approximate surface area is 83.9 Å². The molecule has 0 aromatic rings. The van der Waals surface area contributed by atoms with E-state index in [1.807, 2.05) is 10.6 Å². The highest BCUT2D eigenvalue weighted by Crippen LogP contribution is 1.98. The van der Waals surface area contributed by atoms with Crippen molar-refractivity contribution < 1.29 is 19.2 Å². The summed E-state index contributed by atoms with van der Waals surface area (Å²) in [4.78, 5) is 46.6. The van der Waals surface area contributed by atoms with Crippen LogP contribution < -0.4 is 16.4 Å². The highest BCUT2D eigenvalue weighted by molar-refractivity contribution is 6.23. The lowest BCUT2D eigenvalue weighted by Gasteiger charge is -2.16. The van der Waals surface area contributed by atoms with Gasteiger partial charge in [0.15, 0.2) is 5.92 Å². The number of hydrogen-bond acceptors (Lipinski definition) is 5. The molecular formula is C7H8N4O4. The van der Waals surface area contributed by atoms with Gasteiger partial charge in [0.1, 0.15) is 6.54 Å². The number of rotatable bonds is 3. The number of hydrogen-bond donors (Lipinski definition) is 3. The smallest absolute Gasteiger partial charge is 0.328 e. The van der Waals surface area contributed by atoms with Crippen molar-refractivity contribution in [2.24, 2.45) is 16.6 Å². The fraction of sp³-hybridized carbons (Fsp3) is 0.286. The van der Waals surface area contributed by atoms with E-state index in [9.17, 15) is 19.2 Å². The average Bonchev–Trinajstić information content (AvgIpc) is 2.08. The standard InChI is InChI=1S/C7H8N4O4/c8-4(12)2-9-1-3-5(13)10-7(15)11-6(3)14/h1,3H,2H2,(H2,8,12)(H2,10,11,13,14,15). The monoisotopic (exact) mass is 212 g/mol. The van der Waals surface area contributed by atoms with E-state index in [0.29, 0.717) is 0 Å². The van der Waals surface area contributed by atoms with E-state index in [1.165, 1.54) is 0 Å². The Morgan fingerprint density at radius 3 is 2.33 bits per heavy atom. The largest absolute Gasteiger partial charge is 0.368 e. The van der Waals surface area contributed by atoms with E-state index in [4.69, 9.17) is 5.73 Å². The van der Waals surface area contributed by atoms with Crippen molar-refractivity contribution in [2.75, 3.05) is 6.54 Å². The first-order valence-corrected chi connectivity index (χ1v) is 3.94. The van der Waals surface area contributed by atoms with Gasteiger partial charge in [0.25, 0.3) is 0 Å². The van der Waals surface area contributed by atoms with Crippen LogP contribution >= 0.6 is 0 Å². The number of aliphatic imine (C=N–C) groups is 1. The molecule has 0 atom stereocenters. The van der Waals surface area contributed by atoms with Crippen molar-refractivity contribution in [1.29, 1.82) is 0 Å². The number of primary amides is 1. The van der Waals surface area contributed by atoms with Crippen molar-refractivity contribution >= 4 is 30.0 Å². The molecule has 15 heavy (non-hydrogen) atoms. The third-order valence-corrected chi connectivity index (χ3v) is 1.54. The number of barbiturate groups is 1. The highest BCUT2D eigenvalue weighted by atomic mass is 16.2. The zero-order chi connectivity index (χ0) is 11.4. The zero-order valence-corrected chi connectivity index (χ0v) is 7.52. The third kappa shape index (κ3) is 2.86. The topological polar surface area (TPSA) is 131 Å². The zero-order valence-electron chi connectivity index (χ0n) is 7.52. The first kappa shape index (κ1) is 10.8. The van der Waals surface area contributed by atoms with Gasteiger partial charge in [-0.1, -0.05) is 0 Å². The Morgan fingerprint density at radius 1 is 1.33 bits per heavy atom. The maximum Gasteiger partial charge on any atom is 0.328 e. The normalized spacial score (nSPS) is 17.7. The quantitative estimate of drug-likeness (QED) is 0.353. The summed E-state index contributed by atoms with van der Waals surface area (Å²) in [5.41, 5.74) is 4.79. The lowest BCUT2D eigenvalue weighted by atomic mass is 10.1. The third-order valence-electron chi connectivity index (χ3n) is 1.54. The van der Waals surface area contributed by atoms with Crippen molar-refractivity contribution in [3.63, 3.8) is 0 Å². The van der Waals surface area contributed by atoms with Gasteiger partial charge in [0.2, 0.25) is 17.7 Å². The predicted molar refractivity (Wildman–Crippen MR) is 47.7 cm³/mol. The van der Waals surface area contributed by atoms with Crippen molar-refractivity contribution in [3.05, 3.63) is 0 Å². The molecule has 1 aliphatic rings. The molecule has 0 aromatic heterocycles. The highest BCUT2D eigenvalue weighted by Gasteiger charge is 2.32. The first-order chi connectivity index (χ1) is 7.00. The summed E-state index contributed by atoms with van der Waals surface area (Å²) >= 11 is 0. The molecule has 0 spiro atoms. The Bertz CT molecular complexity index is 342. The van der Waals surface area contributed by atoms with E-state index >= 15 is 0 Å². The average molecular weight is 212 g/mol. The Hall–Kier alpha value is -2.25. The minimum absolute atomic E-state index is 0.314. The van der Waals surface area contributed by atoms with Crippen LogP contribution in [0.4, 0.5) is 4.79 Å². The summed E-state index contributed by atoms with van der Waals surface area (Å²) in [5.74, 6) is -3.45. The van der Waals surface area contributed by atoms with Crippen LogP contribution in [0.2, 0.25) is 0 Å². The summed E-state index contributed by atoms with van der Waals surface area (Å²) in [6, 6.07) is -0.871. The number of imide groups is 2. The molecule has 1 rings (SSSR count). The number of nitrogens with zero attached hydrogens (tertiary/aromatic N) is 1. The van der Waals surface area contributed by atoms with Crippen LogP contribution in [0.3, 0.4) is 0 Å². The number of amides is 5. The lowest BCUT2D eigenvalue weighted by Crippen LogP contribution is -2.56. The molecular weight excluding hydrogens is 204 g/mol. The van der Waals surface area contributed by atoms with Crippen LogP contribution in [-0.2, 0) is 14.4 Å². The van der Waals surface area contributed by atoms with Gasteiger partial charge < -0.3 is 5.73 Å². The number of urea groups is 1. The van der Waals surface area contributed by atoms with Gasteiger partial charge in [0.05, 0.1) is 0 Å². The lowest BCUT2D eigenvalue weighted by molar-refractivity contribution is -0.132. The van der Waals surface area contributed by atoms with Crippen molar-refractivity contribution in [3.8, 4) is 0 Å². The molecule has 80 valence electrons. The molecule has 0 aromatic carbocycles. The van der Waals surface area contributed by atoms with Crippen LogP contribution in [0.1, 0.15) is 0 Å². The maximum atomic E-state index is 11.1. The number of carbonyl (C=O) groups is 4. The molecule has 0 saturated carbocycles. The second-order valence-electron chi connectivity index (χ2n) is 2.74. The molecule has 1 aliphatic heterocycles. The summed E-state index contributed by atoms with van der Waals surface area (Å²) in [5, 5.41) is 3.76. The van der Waals surface area contributed by atoms with E-state index in [0.717, 1.165) is 6.21 Å². The second-order valence-corrected chi connectivity index (χ2v) is 2.74. The summed E-state index contributed by atoms with van der Waals surface area (Å²) in [6.07, 6.45) is 0.974. The van der Waals surface area contributed by atoms with Gasteiger partial charge in [-0.15, -0.1) is 0 Å². The number of nitrogens with two attached hydrogens (primary N) is 1. The maximum absolute atomic E-state index is 11.1. The molecule has 0 bridgehead atoms.